The fraction of sp³-hybridized carbons (Fsp3) is 0.263. The summed E-state index contributed by atoms with van der Waals surface area (Å²) in [5.41, 5.74) is -0.0924. The molecule has 0 saturated heterocycles. The third kappa shape index (κ3) is 4.80. The fourth-order valence-corrected chi connectivity index (χ4v) is 2.88. The average molecular weight is 397 g/mol. The second kappa shape index (κ2) is 7.60. The Hall–Kier alpha value is -2.54. The van der Waals surface area contributed by atoms with E-state index < -0.39 is 29.5 Å². The van der Waals surface area contributed by atoms with Crippen LogP contribution in [0.3, 0.4) is 0 Å². The molecule has 3 rings (SSSR count). The highest BCUT2D eigenvalue weighted by Gasteiger charge is 2.48. The van der Waals surface area contributed by atoms with Crippen molar-refractivity contribution in [1.29, 1.82) is 0 Å². The summed E-state index contributed by atoms with van der Waals surface area (Å²) >= 11 is 5.87. The van der Waals surface area contributed by atoms with Gasteiger partial charge in [0.25, 0.3) is 0 Å². The molecule has 4 nitrogen and oxygen atoms in total. The summed E-state index contributed by atoms with van der Waals surface area (Å²) in [5, 5.41) is 5.15. The largest absolute Gasteiger partial charge is 0.416 e. The fourth-order valence-electron chi connectivity index (χ4n) is 2.71. The van der Waals surface area contributed by atoms with E-state index in [1.54, 1.807) is 0 Å². The molecule has 0 aliphatic heterocycles. The molecule has 0 spiro atoms. The lowest BCUT2D eigenvalue weighted by Crippen LogP contribution is -2.27. The van der Waals surface area contributed by atoms with Crippen LogP contribution in [-0.2, 0) is 22.3 Å². The summed E-state index contributed by atoms with van der Waals surface area (Å²) in [6.45, 7) is 0.351. The van der Waals surface area contributed by atoms with Crippen LogP contribution in [0.15, 0.2) is 48.5 Å². The molecule has 8 heteroatoms. The summed E-state index contributed by atoms with van der Waals surface area (Å²) in [4.78, 5) is 24.4. The standard InChI is InChI=1S/C19H16ClF3N2O2/c20-15-7-6-12(19(21,22)23)8-16(15)25-18(27)14-9-13(14)17(26)24-10-11-4-2-1-3-5-11/h1-8,13-14H,9-10H2,(H,24,26)(H,25,27). The van der Waals surface area contributed by atoms with Crippen molar-refractivity contribution in [2.75, 3.05) is 5.32 Å². The van der Waals surface area contributed by atoms with E-state index in [9.17, 15) is 22.8 Å². The van der Waals surface area contributed by atoms with Crippen LogP contribution in [0.2, 0.25) is 5.02 Å². The number of amides is 2. The number of halogens is 4. The van der Waals surface area contributed by atoms with Gasteiger partial charge in [-0.3, -0.25) is 9.59 Å². The van der Waals surface area contributed by atoms with Gasteiger partial charge < -0.3 is 10.6 Å². The monoisotopic (exact) mass is 396 g/mol. The van der Waals surface area contributed by atoms with Gasteiger partial charge in [-0.1, -0.05) is 41.9 Å². The van der Waals surface area contributed by atoms with Gasteiger partial charge in [0.1, 0.15) is 0 Å². The van der Waals surface area contributed by atoms with Crippen LogP contribution < -0.4 is 10.6 Å². The smallest absolute Gasteiger partial charge is 0.352 e. The lowest BCUT2D eigenvalue weighted by Gasteiger charge is -2.11. The molecule has 1 aliphatic rings. The molecule has 1 aliphatic carbocycles. The summed E-state index contributed by atoms with van der Waals surface area (Å²) in [5.74, 6) is -1.84. The Morgan fingerprint density at radius 1 is 1.04 bits per heavy atom. The summed E-state index contributed by atoms with van der Waals surface area (Å²) in [7, 11) is 0. The molecule has 2 N–H and O–H groups in total. The van der Waals surface area contributed by atoms with Crippen molar-refractivity contribution in [2.24, 2.45) is 11.8 Å². The minimum absolute atomic E-state index is 0.00193. The van der Waals surface area contributed by atoms with Gasteiger partial charge in [0.2, 0.25) is 11.8 Å². The van der Waals surface area contributed by atoms with Crippen molar-refractivity contribution in [1.82, 2.24) is 5.32 Å². The Morgan fingerprint density at radius 3 is 2.37 bits per heavy atom. The van der Waals surface area contributed by atoms with Crippen LogP contribution >= 0.6 is 11.6 Å². The highest BCUT2D eigenvalue weighted by molar-refractivity contribution is 6.33. The van der Waals surface area contributed by atoms with Crippen LogP contribution in [0.25, 0.3) is 0 Å². The zero-order valence-corrected chi connectivity index (χ0v) is 14.8. The van der Waals surface area contributed by atoms with Crippen molar-refractivity contribution in [3.8, 4) is 0 Å². The summed E-state index contributed by atoms with van der Waals surface area (Å²) in [6, 6.07) is 12.0. The molecule has 2 aromatic rings. The number of anilines is 1. The van der Waals surface area contributed by atoms with Gasteiger partial charge in [-0.25, -0.2) is 0 Å². The predicted octanol–water partition coefficient (Wildman–Crippen LogP) is 4.25. The van der Waals surface area contributed by atoms with Gasteiger partial charge in [-0.2, -0.15) is 13.2 Å². The van der Waals surface area contributed by atoms with Crippen LogP contribution in [0.1, 0.15) is 17.5 Å². The Bertz CT molecular complexity index is 856. The first-order valence-corrected chi connectivity index (χ1v) is 8.63. The minimum Gasteiger partial charge on any atom is -0.352 e. The number of hydrogen-bond acceptors (Lipinski definition) is 2. The van der Waals surface area contributed by atoms with Crippen molar-refractivity contribution in [3.63, 3.8) is 0 Å². The lowest BCUT2D eigenvalue weighted by atomic mass is 10.2. The second-order valence-corrected chi connectivity index (χ2v) is 6.74. The van der Waals surface area contributed by atoms with E-state index >= 15 is 0 Å². The molecular formula is C19H16ClF3N2O2. The number of alkyl halides is 3. The van der Waals surface area contributed by atoms with Crippen LogP contribution in [0, 0.1) is 11.8 Å². The van der Waals surface area contributed by atoms with Crippen LogP contribution in [0.5, 0.6) is 0 Å². The van der Waals surface area contributed by atoms with E-state index in [1.165, 1.54) is 0 Å². The van der Waals surface area contributed by atoms with E-state index in [-0.39, 0.29) is 16.6 Å². The molecular weight excluding hydrogens is 381 g/mol. The Morgan fingerprint density at radius 2 is 1.70 bits per heavy atom. The van der Waals surface area contributed by atoms with Gasteiger partial charge in [0, 0.05) is 6.54 Å². The molecule has 0 bridgehead atoms. The highest BCUT2D eigenvalue weighted by atomic mass is 35.5. The van der Waals surface area contributed by atoms with Crippen molar-refractivity contribution < 1.29 is 22.8 Å². The van der Waals surface area contributed by atoms with E-state index in [0.717, 1.165) is 23.8 Å². The van der Waals surface area contributed by atoms with E-state index in [1.807, 2.05) is 30.3 Å². The number of benzene rings is 2. The SMILES string of the molecule is O=C(NCc1ccccc1)C1CC1C(=O)Nc1cc(C(F)(F)F)ccc1Cl. The first-order chi connectivity index (χ1) is 12.8. The quantitative estimate of drug-likeness (QED) is 0.793. The third-order valence-corrected chi connectivity index (χ3v) is 4.65. The number of rotatable bonds is 5. The number of carbonyl (C=O) groups is 2. The first-order valence-electron chi connectivity index (χ1n) is 8.25. The van der Waals surface area contributed by atoms with Crippen LogP contribution in [-0.4, -0.2) is 11.8 Å². The van der Waals surface area contributed by atoms with E-state index in [4.69, 9.17) is 11.6 Å². The summed E-state index contributed by atoms with van der Waals surface area (Å²) < 4.78 is 38.4. The molecule has 2 amide bonds. The molecule has 2 atom stereocenters. The maximum atomic E-state index is 12.8. The molecule has 1 fully saturated rings. The topological polar surface area (TPSA) is 58.2 Å². The van der Waals surface area contributed by atoms with Gasteiger partial charge in [-0.15, -0.1) is 0 Å². The molecule has 0 radical (unpaired) electrons. The van der Waals surface area contributed by atoms with Crippen LogP contribution in [0.4, 0.5) is 18.9 Å². The predicted molar refractivity (Wildman–Crippen MR) is 95.0 cm³/mol. The van der Waals surface area contributed by atoms with E-state index in [2.05, 4.69) is 10.6 Å². The van der Waals surface area contributed by atoms with E-state index in [0.29, 0.717) is 13.0 Å². The zero-order valence-electron chi connectivity index (χ0n) is 14.0. The molecule has 1 saturated carbocycles. The van der Waals surface area contributed by atoms with Gasteiger partial charge in [-0.05, 0) is 30.2 Å². The maximum Gasteiger partial charge on any atom is 0.416 e. The number of carbonyl (C=O) groups excluding carboxylic acids is 2. The minimum atomic E-state index is -4.54. The maximum absolute atomic E-state index is 12.8. The summed E-state index contributed by atoms with van der Waals surface area (Å²) in [6.07, 6.45) is -4.19. The van der Waals surface area contributed by atoms with Crippen molar-refractivity contribution in [3.05, 3.63) is 64.7 Å². The average Bonchev–Trinajstić information content (AvgIpc) is 3.42. The van der Waals surface area contributed by atoms with Gasteiger partial charge in [0.15, 0.2) is 0 Å². The Kier molecular flexibility index (Phi) is 5.41. The number of hydrogen-bond donors (Lipinski definition) is 2. The van der Waals surface area contributed by atoms with Gasteiger partial charge in [0.05, 0.1) is 28.1 Å². The van der Waals surface area contributed by atoms with Crippen molar-refractivity contribution in [2.45, 2.75) is 19.1 Å². The number of nitrogens with one attached hydrogen (secondary N) is 2. The molecule has 2 unspecified atom stereocenters. The van der Waals surface area contributed by atoms with Gasteiger partial charge >= 0.3 is 6.18 Å². The van der Waals surface area contributed by atoms with Crippen molar-refractivity contribution >= 4 is 29.1 Å². The molecule has 0 aromatic heterocycles. The molecule has 0 heterocycles. The first kappa shape index (κ1) is 19.2. The second-order valence-electron chi connectivity index (χ2n) is 6.33. The lowest BCUT2D eigenvalue weighted by molar-refractivity contribution is -0.137. The molecule has 142 valence electrons. The zero-order chi connectivity index (χ0) is 19.6. The Labute approximate surface area is 158 Å². The molecule has 2 aromatic carbocycles. The highest BCUT2D eigenvalue weighted by Crippen LogP contribution is 2.40. The molecule has 27 heavy (non-hydrogen) atoms. The Balaban J connectivity index is 1.56. The normalized spacial score (nSPS) is 18.7. The third-order valence-electron chi connectivity index (χ3n) is 4.33.